The van der Waals surface area contributed by atoms with Crippen molar-refractivity contribution < 1.29 is 23.8 Å². The van der Waals surface area contributed by atoms with Gasteiger partial charge in [0.1, 0.15) is 6.61 Å². The zero-order chi connectivity index (χ0) is 49.2. The summed E-state index contributed by atoms with van der Waals surface area (Å²) in [7, 11) is 0. The van der Waals surface area contributed by atoms with Crippen LogP contribution in [0.25, 0.3) is 0 Å². The van der Waals surface area contributed by atoms with E-state index in [4.69, 9.17) is 14.2 Å². The highest BCUT2D eigenvalue weighted by Gasteiger charge is 2.17. The van der Waals surface area contributed by atoms with Gasteiger partial charge in [-0.2, -0.15) is 0 Å². The van der Waals surface area contributed by atoms with Gasteiger partial charge in [0.05, 0.1) is 6.61 Å². The highest BCUT2D eigenvalue weighted by atomic mass is 16.6. The molecule has 0 rings (SSSR count). The molecule has 0 N–H and O–H groups in total. The van der Waals surface area contributed by atoms with Crippen molar-refractivity contribution >= 4 is 11.9 Å². The smallest absolute Gasteiger partial charge is 0.306 e. The van der Waals surface area contributed by atoms with Crippen LogP contribution in [0, 0.1) is 0 Å². The summed E-state index contributed by atoms with van der Waals surface area (Å²) in [6.07, 6.45) is 83.0. The predicted octanol–water partition coefficient (Wildman–Crippen LogP) is 18.9. The van der Waals surface area contributed by atoms with Crippen LogP contribution in [-0.4, -0.2) is 37.9 Å². The van der Waals surface area contributed by atoms with Crippen molar-refractivity contribution in [2.75, 3.05) is 19.8 Å². The highest BCUT2D eigenvalue weighted by Crippen LogP contribution is 2.12. The second-order valence-electron chi connectivity index (χ2n) is 17.4. The molecule has 0 aliphatic rings. The second kappa shape index (κ2) is 57.1. The molecule has 0 saturated heterocycles. The normalized spacial score (nSPS) is 13.4. The van der Waals surface area contributed by atoms with Gasteiger partial charge in [0.2, 0.25) is 0 Å². The van der Waals surface area contributed by atoms with Crippen molar-refractivity contribution in [3.8, 4) is 0 Å². The molecular formula is C63H100O5. The molecule has 0 aromatic carbocycles. The Morgan fingerprint density at radius 1 is 0.338 bits per heavy atom. The second-order valence-corrected chi connectivity index (χ2v) is 17.4. The molecule has 68 heavy (non-hydrogen) atoms. The quantitative estimate of drug-likeness (QED) is 0.0346. The number of ether oxygens (including phenoxy) is 3. The molecule has 0 bridgehead atoms. The van der Waals surface area contributed by atoms with E-state index < -0.39 is 6.10 Å². The number of esters is 2. The topological polar surface area (TPSA) is 61.8 Å². The lowest BCUT2D eigenvalue weighted by Crippen LogP contribution is -2.30. The summed E-state index contributed by atoms with van der Waals surface area (Å²) < 4.78 is 17.3. The van der Waals surface area contributed by atoms with E-state index in [-0.39, 0.29) is 25.2 Å². The van der Waals surface area contributed by atoms with E-state index in [0.29, 0.717) is 19.4 Å². The Morgan fingerprint density at radius 2 is 0.662 bits per heavy atom. The standard InChI is InChI=1S/C63H100O5/c1-4-7-10-13-16-19-22-25-27-29-31-33-35-37-40-43-46-49-52-55-58-66-59-61(68-63(65)57-54-51-48-45-42-38-24-21-18-15-12-9-6-3)60-67-62(64)56-53-50-47-44-41-39-36-34-32-30-28-26-23-20-17-14-11-8-5-2/h7-8,10-12,15-17,19-21,24-28,31-34,37,40,46,49,61H,4-6,9,13-14,18,22-23,29-30,35-36,38-39,41-45,47-48,50-60H2,1-3H3/b10-7-,11-8-,15-12-,19-16-,20-17-,24-21-,27-25-,28-26-,33-31-,34-32-,40-37-,49-46-. The van der Waals surface area contributed by atoms with Crippen LogP contribution in [0.2, 0.25) is 0 Å². The molecule has 1 unspecified atom stereocenters. The third-order valence-electron chi connectivity index (χ3n) is 10.8. The van der Waals surface area contributed by atoms with Gasteiger partial charge in [0.25, 0.3) is 0 Å². The molecule has 1 atom stereocenters. The molecule has 0 spiro atoms. The summed E-state index contributed by atoms with van der Waals surface area (Å²) in [5.74, 6) is -0.473. The molecule has 0 radical (unpaired) electrons. The molecule has 5 heteroatoms. The molecule has 0 saturated carbocycles. The van der Waals surface area contributed by atoms with E-state index in [0.717, 1.165) is 141 Å². The van der Waals surface area contributed by atoms with Gasteiger partial charge in [-0.05, 0) is 128 Å². The van der Waals surface area contributed by atoms with Crippen molar-refractivity contribution in [2.24, 2.45) is 0 Å². The first kappa shape index (κ1) is 63.8. The van der Waals surface area contributed by atoms with Crippen LogP contribution in [0.3, 0.4) is 0 Å². The molecule has 5 nitrogen and oxygen atoms in total. The van der Waals surface area contributed by atoms with E-state index in [1.54, 1.807) is 0 Å². The highest BCUT2D eigenvalue weighted by molar-refractivity contribution is 5.70. The number of hydrogen-bond acceptors (Lipinski definition) is 5. The van der Waals surface area contributed by atoms with Gasteiger partial charge in [-0.1, -0.05) is 218 Å². The van der Waals surface area contributed by atoms with Crippen LogP contribution in [0.15, 0.2) is 146 Å². The molecule has 0 aromatic heterocycles. The molecule has 382 valence electrons. The summed E-state index contributed by atoms with van der Waals surface area (Å²) in [6.45, 7) is 7.34. The Labute approximate surface area is 419 Å². The summed E-state index contributed by atoms with van der Waals surface area (Å²) >= 11 is 0. The zero-order valence-corrected chi connectivity index (χ0v) is 43.8. The van der Waals surface area contributed by atoms with Crippen LogP contribution in [0.5, 0.6) is 0 Å². The molecule has 0 aliphatic heterocycles. The Balaban J connectivity index is 4.44. The Kier molecular flexibility index (Phi) is 53.6. The van der Waals surface area contributed by atoms with Gasteiger partial charge in [-0.25, -0.2) is 0 Å². The van der Waals surface area contributed by atoms with Gasteiger partial charge >= 0.3 is 11.9 Å². The summed E-state index contributed by atoms with van der Waals surface area (Å²) in [4.78, 5) is 25.5. The van der Waals surface area contributed by atoms with Crippen molar-refractivity contribution in [3.63, 3.8) is 0 Å². The van der Waals surface area contributed by atoms with E-state index in [1.807, 2.05) is 0 Å². The number of carbonyl (C=O) groups excluding carboxylic acids is 2. The minimum Gasteiger partial charge on any atom is -0.462 e. The molecule has 0 fully saturated rings. The number of rotatable bonds is 48. The maximum absolute atomic E-state index is 12.8. The maximum Gasteiger partial charge on any atom is 0.306 e. The lowest BCUT2D eigenvalue weighted by molar-refractivity contribution is -0.163. The molecule has 0 aromatic rings. The molecule has 0 amide bonds. The third-order valence-corrected chi connectivity index (χ3v) is 10.8. The fourth-order valence-electron chi connectivity index (χ4n) is 6.85. The lowest BCUT2D eigenvalue weighted by Gasteiger charge is -2.18. The predicted molar refractivity (Wildman–Crippen MR) is 297 cm³/mol. The van der Waals surface area contributed by atoms with Crippen molar-refractivity contribution in [3.05, 3.63) is 146 Å². The average molecular weight is 937 g/mol. The van der Waals surface area contributed by atoms with Gasteiger partial charge in [0.15, 0.2) is 6.10 Å². The van der Waals surface area contributed by atoms with Crippen LogP contribution in [0.4, 0.5) is 0 Å². The summed E-state index contributed by atoms with van der Waals surface area (Å²) in [6, 6.07) is 0. The van der Waals surface area contributed by atoms with E-state index in [1.165, 1.54) is 38.5 Å². The van der Waals surface area contributed by atoms with E-state index >= 15 is 0 Å². The van der Waals surface area contributed by atoms with E-state index in [9.17, 15) is 9.59 Å². The molecule has 0 heterocycles. The largest absolute Gasteiger partial charge is 0.462 e. The monoisotopic (exact) mass is 937 g/mol. The number of carbonyl (C=O) groups is 2. The van der Waals surface area contributed by atoms with Crippen LogP contribution >= 0.6 is 0 Å². The number of allylic oxidation sites excluding steroid dienone is 24. The molecular weight excluding hydrogens is 837 g/mol. The maximum atomic E-state index is 12.8. The average Bonchev–Trinajstić information content (AvgIpc) is 3.34. The lowest BCUT2D eigenvalue weighted by atomic mass is 10.1. The Bertz CT molecular complexity index is 1480. The summed E-state index contributed by atoms with van der Waals surface area (Å²) in [5.41, 5.74) is 0. The minimum atomic E-state index is -0.592. The van der Waals surface area contributed by atoms with Crippen molar-refractivity contribution in [1.82, 2.24) is 0 Å². The minimum absolute atomic E-state index is 0.0386. The van der Waals surface area contributed by atoms with Gasteiger partial charge < -0.3 is 14.2 Å². The van der Waals surface area contributed by atoms with Gasteiger partial charge in [-0.3, -0.25) is 9.59 Å². The first-order valence-corrected chi connectivity index (χ1v) is 27.4. The third kappa shape index (κ3) is 54.4. The fourth-order valence-corrected chi connectivity index (χ4v) is 6.85. The van der Waals surface area contributed by atoms with Crippen LogP contribution in [0.1, 0.15) is 213 Å². The van der Waals surface area contributed by atoms with Crippen LogP contribution < -0.4 is 0 Å². The SMILES string of the molecule is CC/C=C\C/C=C\C/C=C\C/C=C\C/C=C\C/C=C\CCCOCC(COC(=O)CCCCCCCC/C=C\C/C=C\C/C=C\C/C=C\CC)OC(=O)CCCCCCC/C=C\C/C=C\CCC. The van der Waals surface area contributed by atoms with E-state index in [2.05, 4.69) is 167 Å². The Morgan fingerprint density at radius 3 is 1.06 bits per heavy atom. The van der Waals surface area contributed by atoms with Gasteiger partial charge in [0, 0.05) is 19.4 Å². The van der Waals surface area contributed by atoms with Crippen LogP contribution in [-0.2, 0) is 23.8 Å². The Hall–Kier alpha value is -4.22. The van der Waals surface area contributed by atoms with Gasteiger partial charge in [-0.15, -0.1) is 0 Å². The zero-order valence-electron chi connectivity index (χ0n) is 43.8. The number of unbranched alkanes of at least 4 members (excludes halogenated alkanes) is 13. The van der Waals surface area contributed by atoms with Crippen molar-refractivity contribution in [2.45, 2.75) is 219 Å². The fraction of sp³-hybridized carbons (Fsp3) is 0.587. The summed E-state index contributed by atoms with van der Waals surface area (Å²) in [5, 5.41) is 0. The first-order chi connectivity index (χ1) is 33.6. The van der Waals surface area contributed by atoms with Crippen molar-refractivity contribution in [1.29, 1.82) is 0 Å². The molecule has 0 aliphatic carbocycles. The number of hydrogen-bond donors (Lipinski definition) is 0. The first-order valence-electron chi connectivity index (χ1n) is 27.4.